The molecule has 2 heterocycles. The lowest BCUT2D eigenvalue weighted by atomic mass is 9.69. The number of nitrogens with one attached hydrogen (secondary N) is 1. The highest BCUT2D eigenvalue weighted by Crippen LogP contribution is 2.40. The molecule has 2 aromatic rings. The van der Waals surface area contributed by atoms with Crippen molar-refractivity contribution < 1.29 is 23.1 Å². The van der Waals surface area contributed by atoms with E-state index < -0.39 is 17.9 Å². The van der Waals surface area contributed by atoms with Crippen molar-refractivity contribution in [3.05, 3.63) is 53.2 Å². The van der Waals surface area contributed by atoms with E-state index in [2.05, 4.69) is 15.0 Å². The largest absolute Gasteiger partial charge is 0.415 e. The summed E-state index contributed by atoms with van der Waals surface area (Å²) in [7, 11) is 0. The van der Waals surface area contributed by atoms with Crippen LogP contribution in [0.1, 0.15) is 43.5 Å². The van der Waals surface area contributed by atoms with Crippen LogP contribution in [0.3, 0.4) is 0 Å². The van der Waals surface area contributed by atoms with Gasteiger partial charge in [0.1, 0.15) is 11.1 Å². The average Bonchev–Trinajstić information content (AvgIpc) is 2.62. The first-order chi connectivity index (χ1) is 14.1. The molecule has 1 aliphatic heterocycles. The highest BCUT2D eigenvalue weighted by molar-refractivity contribution is 6.02. The van der Waals surface area contributed by atoms with Gasteiger partial charge < -0.3 is 15.0 Å². The van der Waals surface area contributed by atoms with Crippen LogP contribution >= 0.6 is 0 Å². The molecule has 1 aromatic carbocycles. The standard InChI is InChI=1S/C22H25F2N3O3/c1-13(2)16-7-5-6-8-17(16)22(11-27(12-22)15(4)28)20(29)26-18-10-9-14(3)25-19(18)30-21(23)24/h5-10,13,21H,11-12H2,1-4H3,(H,26,29). The summed E-state index contributed by atoms with van der Waals surface area (Å²) in [6.07, 6.45) is 0. The summed E-state index contributed by atoms with van der Waals surface area (Å²) in [5.41, 5.74) is 1.39. The van der Waals surface area contributed by atoms with Crippen molar-refractivity contribution in [2.45, 2.75) is 45.6 Å². The molecule has 0 bridgehead atoms. The number of ether oxygens (including phenoxy) is 1. The molecule has 1 aromatic heterocycles. The minimum Gasteiger partial charge on any atom is -0.415 e. The molecule has 1 aliphatic rings. The molecule has 1 N–H and O–H groups in total. The SMILES string of the molecule is CC(=O)N1CC(C(=O)Nc2ccc(C)nc2OC(F)F)(c2ccccc2C(C)C)C1. The van der Waals surface area contributed by atoms with Gasteiger partial charge in [0.2, 0.25) is 17.7 Å². The number of halogens is 2. The molecule has 8 heteroatoms. The molecule has 3 rings (SSSR count). The Morgan fingerprint density at radius 3 is 2.43 bits per heavy atom. The second-order valence-electron chi connectivity index (χ2n) is 7.84. The van der Waals surface area contributed by atoms with Crippen LogP contribution in [0.5, 0.6) is 5.88 Å². The lowest BCUT2D eigenvalue weighted by Crippen LogP contribution is -2.66. The molecule has 160 valence electrons. The topological polar surface area (TPSA) is 71.5 Å². The van der Waals surface area contributed by atoms with Crippen LogP contribution in [0.15, 0.2) is 36.4 Å². The van der Waals surface area contributed by atoms with Gasteiger partial charge in [-0.15, -0.1) is 0 Å². The van der Waals surface area contributed by atoms with Gasteiger partial charge in [-0.25, -0.2) is 4.98 Å². The van der Waals surface area contributed by atoms with Gasteiger partial charge >= 0.3 is 6.61 Å². The number of benzene rings is 1. The summed E-state index contributed by atoms with van der Waals surface area (Å²) in [5, 5.41) is 2.71. The number of aromatic nitrogens is 1. The van der Waals surface area contributed by atoms with Crippen molar-refractivity contribution in [1.29, 1.82) is 0 Å². The van der Waals surface area contributed by atoms with Gasteiger partial charge in [-0.05, 0) is 36.1 Å². The third-order valence-corrected chi connectivity index (χ3v) is 5.35. The van der Waals surface area contributed by atoms with Gasteiger partial charge in [-0.1, -0.05) is 38.1 Å². The van der Waals surface area contributed by atoms with Gasteiger partial charge in [-0.2, -0.15) is 8.78 Å². The molecule has 1 saturated heterocycles. The first-order valence-corrected chi connectivity index (χ1v) is 9.73. The molecule has 1 fully saturated rings. The fraction of sp³-hybridized carbons (Fsp3) is 0.409. The van der Waals surface area contributed by atoms with Gasteiger partial charge in [0.25, 0.3) is 0 Å². The van der Waals surface area contributed by atoms with Gasteiger partial charge in [0, 0.05) is 25.7 Å². The van der Waals surface area contributed by atoms with Crippen molar-refractivity contribution in [2.24, 2.45) is 0 Å². The van der Waals surface area contributed by atoms with Crippen molar-refractivity contribution in [2.75, 3.05) is 18.4 Å². The summed E-state index contributed by atoms with van der Waals surface area (Å²) in [5.74, 6) is -0.693. The van der Waals surface area contributed by atoms with E-state index in [1.54, 1.807) is 17.9 Å². The summed E-state index contributed by atoms with van der Waals surface area (Å²) < 4.78 is 30.1. The first-order valence-electron chi connectivity index (χ1n) is 9.73. The number of carbonyl (C=O) groups is 2. The van der Waals surface area contributed by atoms with Crippen LogP contribution < -0.4 is 10.1 Å². The van der Waals surface area contributed by atoms with Gasteiger partial charge in [0.05, 0.1) is 0 Å². The number of amides is 2. The minimum atomic E-state index is -3.07. The average molecular weight is 417 g/mol. The predicted molar refractivity (Wildman–Crippen MR) is 109 cm³/mol. The second kappa shape index (κ2) is 8.38. The molecule has 0 spiro atoms. The molecule has 2 amide bonds. The van der Waals surface area contributed by atoms with Crippen LogP contribution in [0.25, 0.3) is 0 Å². The smallest absolute Gasteiger partial charge is 0.388 e. The van der Waals surface area contributed by atoms with Crippen LogP contribution in [-0.2, 0) is 15.0 Å². The van der Waals surface area contributed by atoms with E-state index in [1.165, 1.54) is 13.0 Å². The maximum Gasteiger partial charge on any atom is 0.388 e. The van der Waals surface area contributed by atoms with Crippen molar-refractivity contribution in [3.8, 4) is 5.88 Å². The van der Waals surface area contributed by atoms with E-state index in [1.807, 2.05) is 38.1 Å². The summed E-state index contributed by atoms with van der Waals surface area (Å²) >= 11 is 0. The Kier molecular flexibility index (Phi) is 6.05. The Morgan fingerprint density at radius 1 is 1.17 bits per heavy atom. The zero-order chi connectivity index (χ0) is 22.1. The lowest BCUT2D eigenvalue weighted by molar-refractivity contribution is -0.142. The van der Waals surface area contributed by atoms with Crippen molar-refractivity contribution in [1.82, 2.24) is 9.88 Å². The number of alkyl halides is 2. The first kappa shape index (κ1) is 21.7. The molecule has 0 saturated carbocycles. The monoisotopic (exact) mass is 417 g/mol. The van der Waals surface area contributed by atoms with E-state index in [0.717, 1.165) is 11.1 Å². The zero-order valence-corrected chi connectivity index (χ0v) is 17.4. The summed E-state index contributed by atoms with van der Waals surface area (Å²) in [4.78, 5) is 30.9. The Hall–Kier alpha value is -3.03. The maximum absolute atomic E-state index is 13.5. The molecule has 6 nitrogen and oxygen atoms in total. The number of rotatable bonds is 6. The molecule has 0 atom stereocenters. The fourth-order valence-electron chi connectivity index (χ4n) is 3.74. The molecule has 0 aliphatic carbocycles. The van der Waals surface area contributed by atoms with Gasteiger partial charge in [-0.3, -0.25) is 9.59 Å². The number of pyridine rings is 1. The highest BCUT2D eigenvalue weighted by atomic mass is 19.3. The normalized spacial score (nSPS) is 15.1. The number of anilines is 1. The number of hydrogen-bond donors (Lipinski definition) is 1. The number of likely N-dealkylation sites (tertiary alicyclic amines) is 1. The Balaban J connectivity index is 1.99. The van der Waals surface area contributed by atoms with Crippen LogP contribution in [0, 0.1) is 6.92 Å². The maximum atomic E-state index is 13.5. The molecule has 30 heavy (non-hydrogen) atoms. The molecular formula is C22H25F2N3O3. The number of carbonyl (C=O) groups excluding carboxylic acids is 2. The Labute approximate surface area is 174 Å². The Morgan fingerprint density at radius 2 is 1.83 bits per heavy atom. The second-order valence-corrected chi connectivity index (χ2v) is 7.84. The Bertz CT molecular complexity index is 956. The molecule has 0 radical (unpaired) electrons. The third-order valence-electron chi connectivity index (χ3n) is 5.35. The quantitative estimate of drug-likeness (QED) is 0.775. The molecular weight excluding hydrogens is 392 g/mol. The van der Waals surface area contributed by atoms with Gasteiger partial charge in [0.15, 0.2) is 0 Å². The lowest BCUT2D eigenvalue weighted by Gasteiger charge is -2.49. The van der Waals surface area contributed by atoms with E-state index in [-0.39, 0.29) is 36.5 Å². The van der Waals surface area contributed by atoms with Crippen LogP contribution in [0.4, 0.5) is 14.5 Å². The van der Waals surface area contributed by atoms with Crippen molar-refractivity contribution in [3.63, 3.8) is 0 Å². The van der Waals surface area contributed by atoms with E-state index >= 15 is 0 Å². The predicted octanol–water partition coefficient (Wildman–Crippen LogP) is 3.85. The summed E-state index contributed by atoms with van der Waals surface area (Å²) in [6.45, 7) is 4.51. The zero-order valence-electron chi connectivity index (χ0n) is 17.4. The number of aryl methyl sites for hydroxylation is 1. The van der Waals surface area contributed by atoms with Crippen LogP contribution in [-0.4, -0.2) is 41.4 Å². The summed E-state index contributed by atoms with van der Waals surface area (Å²) in [6, 6.07) is 10.7. The highest BCUT2D eigenvalue weighted by Gasteiger charge is 2.52. The van der Waals surface area contributed by atoms with E-state index in [4.69, 9.17) is 0 Å². The minimum absolute atomic E-state index is 0.0635. The van der Waals surface area contributed by atoms with Crippen molar-refractivity contribution >= 4 is 17.5 Å². The molecule has 0 unspecified atom stereocenters. The van der Waals surface area contributed by atoms with E-state index in [0.29, 0.717) is 5.69 Å². The third kappa shape index (κ3) is 4.13. The van der Waals surface area contributed by atoms with E-state index in [9.17, 15) is 18.4 Å². The van der Waals surface area contributed by atoms with Crippen LogP contribution in [0.2, 0.25) is 0 Å². The number of hydrogen-bond acceptors (Lipinski definition) is 4. The fourth-order valence-corrected chi connectivity index (χ4v) is 3.74. The number of nitrogens with zero attached hydrogens (tertiary/aromatic N) is 2.